The normalized spacial score (nSPS) is 36.0. The molecule has 2 fully saturated rings. The highest BCUT2D eigenvalue weighted by atomic mass is 35.5. The van der Waals surface area contributed by atoms with E-state index >= 15 is 0 Å². The molecule has 5 rings (SSSR count). The predicted molar refractivity (Wildman–Crippen MR) is 114 cm³/mol. The molecule has 1 saturated heterocycles. The van der Waals surface area contributed by atoms with Crippen LogP contribution in [0, 0.1) is 11.8 Å². The molecule has 0 N–H and O–H groups in total. The van der Waals surface area contributed by atoms with E-state index in [2.05, 4.69) is 0 Å². The van der Waals surface area contributed by atoms with Crippen molar-refractivity contribution < 1.29 is 9.59 Å². The van der Waals surface area contributed by atoms with Gasteiger partial charge in [-0.15, -0.1) is 23.2 Å². The van der Waals surface area contributed by atoms with E-state index in [0.29, 0.717) is 5.69 Å². The first-order valence-corrected chi connectivity index (χ1v) is 10.5. The number of alkyl halides is 4. The van der Waals surface area contributed by atoms with Gasteiger partial charge in [0.25, 0.3) is 0 Å². The number of amides is 2. The van der Waals surface area contributed by atoms with Gasteiger partial charge in [0.1, 0.15) is 9.75 Å². The molecule has 9 heteroatoms. The molecule has 0 spiro atoms. The lowest BCUT2D eigenvalue weighted by Gasteiger charge is -2.34. The van der Waals surface area contributed by atoms with Crippen LogP contribution in [0.3, 0.4) is 0 Å². The van der Waals surface area contributed by atoms with Crippen LogP contribution in [-0.4, -0.2) is 25.9 Å². The van der Waals surface area contributed by atoms with Crippen molar-refractivity contribution in [3.8, 4) is 0 Å². The highest BCUT2D eigenvalue weighted by molar-refractivity contribution is 6.67. The number of halogens is 6. The zero-order chi connectivity index (χ0) is 20.2. The van der Waals surface area contributed by atoms with Crippen LogP contribution < -0.4 is 4.90 Å². The highest BCUT2D eigenvalue weighted by Crippen LogP contribution is 2.77. The number of imide groups is 1. The molecular formula is C19H9Cl6NO2. The van der Waals surface area contributed by atoms with Gasteiger partial charge < -0.3 is 0 Å². The third-order valence-electron chi connectivity index (χ3n) is 5.90. The molecule has 2 aliphatic carbocycles. The van der Waals surface area contributed by atoms with Crippen LogP contribution in [0.5, 0.6) is 0 Å². The number of carbonyl (C=O) groups excluding carboxylic acids is 2. The van der Waals surface area contributed by atoms with Gasteiger partial charge in [0, 0.05) is 0 Å². The van der Waals surface area contributed by atoms with Gasteiger partial charge in [-0.2, -0.15) is 0 Å². The maximum Gasteiger partial charge on any atom is 0.240 e. The van der Waals surface area contributed by atoms with E-state index in [0.717, 1.165) is 15.7 Å². The topological polar surface area (TPSA) is 37.4 Å². The first kappa shape index (κ1) is 19.3. The van der Waals surface area contributed by atoms with E-state index < -0.39 is 37.7 Å². The summed E-state index contributed by atoms with van der Waals surface area (Å²) in [5.74, 6) is -3.38. The van der Waals surface area contributed by atoms with Crippen molar-refractivity contribution >= 4 is 97.9 Å². The summed E-state index contributed by atoms with van der Waals surface area (Å²) >= 11 is 39.0. The molecule has 2 bridgehead atoms. The first-order valence-electron chi connectivity index (χ1n) is 8.27. The molecular weight excluding hydrogens is 487 g/mol. The van der Waals surface area contributed by atoms with E-state index in [9.17, 15) is 9.59 Å². The fraction of sp³-hybridized carbons (Fsp3) is 0.263. The lowest BCUT2D eigenvalue weighted by Crippen LogP contribution is -2.50. The summed E-state index contributed by atoms with van der Waals surface area (Å²) in [4.78, 5) is 24.1. The minimum Gasteiger partial charge on any atom is -0.274 e. The average molecular weight is 496 g/mol. The van der Waals surface area contributed by atoms with Crippen LogP contribution in [0.2, 0.25) is 0 Å². The molecule has 4 atom stereocenters. The zero-order valence-electron chi connectivity index (χ0n) is 13.7. The second kappa shape index (κ2) is 5.72. The minimum absolute atomic E-state index is 0.0985. The molecule has 0 radical (unpaired) electrons. The quantitative estimate of drug-likeness (QED) is 0.371. The van der Waals surface area contributed by atoms with E-state index in [1.54, 1.807) is 12.1 Å². The zero-order valence-corrected chi connectivity index (χ0v) is 18.3. The lowest BCUT2D eigenvalue weighted by atomic mass is 9.84. The molecule has 2 aromatic carbocycles. The molecule has 2 aromatic rings. The van der Waals surface area contributed by atoms with Crippen LogP contribution in [0.15, 0.2) is 52.5 Å². The number of anilines is 1. The van der Waals surface area contributed by atoms with E-state index in [4.69, 9.17) is 69.6 Å². The number of nitrogens with zero attached hydrogens (tertiary/aromatic N) is 1. The SMILES string of the molecule is O=C1[C@@H]2[C@H](C(=O)N1c1ccc3ccccc3c1)[C@@]1(Cl)C(Cl)=C(Cl)[C@]2(Cl)C1(Cl)Cl. The Kier molecular flexibility index (Phi) is 3.94. The standard InChI is InChI=1S/C19H9Cl6NO2/c20-13-14(21)18(23)12-11(17(13,22)19(18,24)25)15(27)26(16(12)28)10-6-5-8-3-1-2-4-9(8)7-10/h1-7,11-12H/t11-,12+,17-,18+. The van der Waals surface area contributed by atoms with Gasteiger partial charge in [0.05, 0.1) is 27.6 Å². The molecule has 2 amide bonds. The Balaban J connectivity index is 1.68. The summed E-state index contributed by atoms with van der Waals surface area (Å²) in [6.45, 7) is 0. The van der Waals surface area contributed by atoms with Crippen LogP contribution in [-0.2, 0) is 9.59 Å². The largest absolute Gasteiger partial charge is 0.274 e. The van der Waals surface area contributed by atoms with Crippen molar-refractivity contribution in [3.05, 3.63) is 52.5 Å². The summed E-state index contributed by atoms with van der Waals surface area (Å²) < 4.78 is -1.92. The molecule has 28 heavy (non-hydrogen) atoms. The fourth-order valence-corrected chi connectivity index (χ4v) is 7.49. The van der Waals surface area contributed by atoms with Gasteiger partial charge >= 0.3 is 0 Å². The van der Waals surface area contributed by atoms with Gasteiger partial charge in [0.15, 0.2) is 4.33 Å². The van der Waals surface area contributed by atoms with Gasteiger partial charge in [-0.3, -0.25) is 9.59 Å². The van der Waals surface area contributed by atoms with Crippen LogP contribution in [0.25, 0.3) is 10.8 Å². The lowest BCUT2D eigenvalue weighted by molar-refractivity contribution is -0.123. The summed E-state index contributed by atoms with van der Waals surface area (Å²) in [5, 5.41) is 1.65. The molecule has 3 nitrogen and oxygen atoms in total. The monoisotopic (exact) mass is 493 g/mol. The second-order valence-electron chi connectivity index (χ2n) is 7.12. The summed E-state index contributed by atoms with van der Waals surface area (Å²) in [5.41, 5.74) is 0.407. The minimum atomic E-state index is -1.92. The second-order valence-corrected chi connectivity index (χ2v) is 10.4. The third kappa shape index (κ3) is 1.88. The Hall–Kier alpha value is -0.680. The molecule has 1 heterocycles. The number of hydrogen-bond acceptors (Lipinski definition) is 2. The van der Waals surface area contributed by atoms with Gasteiger partial charge in [-0.1, -0.05) is 76.7 Å². The summed E-state index contributed by atoms with van der Waals surface area (Å²) in [6.07, 6.45) is 0. The van der Waals surface area contributed by atoms with Crippen molar-refractivity contribution in [2.24, 2.45) is 11.8 Å². The summed E-state index contributed by atoms with van der Waals surface area (Å²) in [6, 6.07) is 12.9. The number of rotatable bonds is 1. The number of allylic oxidation sites excluding steroid dienone is 2. The maximum atomic E-state index is 13.3. The van der Waals surface area contributed by atoms with E-state index in [1.807, 2.05) is 30.3 Å². The molecule has 1 saturated carbocycles. The molecule has 0 aromatic heterocycles. The van der Waals surface area contributed by atoms with Crippen molar-refractivity contribution in [1.82, 2.24) is 0 Å². The smallest absolute Gasteiger partial charge is 0.240 e. The van der Waals surface area contributed by atoms with Crippen molar-refractivity contribution in [2.75, 3.05) is 4.90 Å². The van der Waals surface area contributed by atoms with Gasteiger partial charge in [0.2, 0.25) is 11.8 Å². The number of carbonyl (C=O) groups is 2. The maximum absolute atomic E-state index is 13.3. The average Bonchev–Trinajstić information content (AvgIpc) is 3.05. The third-order valence-corrected chi connectivity index (χ3v) is 10.2. The Labute approximate surface area is 190 Å². The number of benzene rings is 2. The number of fused-ring (bicyclic) bond motifs is 6. The summed E-state index contributed by atoms with van der Waals surface area (Å²) in [7, 11) is 0. The Bertz CT molecular complexity index is 1080. The molecule has 0 unspecified atom stereocenters. The van der Waals surface area contributed by atoms with E-state index in [-0.39, 0.29) is 10.1 Å². The van der Waals surface area contributed by atoms with Crippen LogP contribution >= 0.6 is 69.6 Å². The van der Waals surface area contributed by atoms with Crippen LogP contribution in [0.4, 0.5) is 5.69 Å². The molecule has 3 aliphatic rings. The molecule has 1 aliphatic heterocycles. The first-order chi connectivity index (χ1) is 13.1. The van der Waals surface area contributed by atoms with Crippen LogP contribution in [0.1, 0.15) is 0 Å². The fourth-order valence-electron chi connectivity index (χ4n) is 4.57. The van der Waals surface area contributed by atoms with Gasteiger partial charge in [-0.05, 0) is 22.9 Å². The van der Waals surface area contributed by atoms with Gasteiger partial charge in [-0.25, -0.2) is 4.90 Å². The highest BCUT2D eigenvalue weighted by Gasteiger charge is 2.87. The number of hydrogen-bond donors (Lipinski definition) is 0. The Morgan fingerprint density at radius 2 is 1.25 bits per heavy atom. The Morgan fingerprint density at radius 3 is 1.79 bits per heavy atom. The van der Waals surface area contributed by atoms with E-state index in [1.165, 1.54) is 0 Å². The van der Waals surface area contributed by atoms with Crippen molar-refractivity contribution in [3.63, 3.8) is 0 Å². The van der Waals surface area contributed by atoms with Crippen molar-refractivity contribution in [2.45, 2.75) is 14.1 Å². The Morgan fingerprint density at radius 1 is 0.750 bits per heavy atom. The predicted octanol–water partition coefficient (Wildman–Crippen LogP) is 5.79. The van der Waals surface area contributed by atoms with Crippen molar-refractivity contribution in [1.29, 1.82) is 0 Å². The molecule has 144 valence electrons.